The highest BCUT2D eigenvalue weighted by molar-refractivity contribution is 6.03. The third-order valence-electron chi connectivity index (χ3n) is 4.44. The van der Waals surface area contributed by atoms with Crippen molar-refractivity contribution >= 4 is 17.5 Å². The van der Waals surface area contributed by atoms with Crippen LogP contribution in [0, 0.1) is 6.92 Å². The highest BCUT2D eigenvalue weighted by atomic mass is 16.2. The Balaban J connectivity index is 1.74. The van der Waals surface area contributed by atoms with Crippen LogP contribution in [-0.2, 0) is 22.6 Å². The number of anilines is 1. The van der Waals surface area contributed by atoms with Crippen molar-refractivity contribution in [3.63, 3.8) is 0 Å². The number of nitrogens with zero attached hydrogens (tertiary/aromatic N) is 1. The molecule has 2 aromatic carbocycles. The summed E-state index contributed by atoms with van der Waals surface area (Å²) >= 11 is 0. The van der Waals surface area contributed by atoms with Gasteiger partial charge in [-0.05, 0) is 24.1 Å². The maximum absolute atomic E-state index is 12.7. The fraction of sp³-hybridized carbons (Fsp3) is 0.300. The summed E-state index contributed by atoms with van der Waals surface area (Å²) in [6, 6.07) is 15.4. The molecule has 0 aliphatic carbocycles. The van der Waals surface area contributed by atoms with E-state index in [-0.39, 0.29) is 11.8 Å². The number of carbonyl (C=O) groups is 2. The molecule has 2 amide bonds. The number of hydrogen-bond donors (Lipinski definition) is 1. The molecule has 124 valence electrons. The zero-order valence-corrected chi connectivity index (χ0v) is 14.1. The first-order chi connectivity index (χ1) is 11.6. The zero-order valence-electron chi connectivity index (χ0n) is 14.1. The largest absolute Gasteiger partial charge is 0.350 e. The maximum Gasteiger partial charge on any atom is 0.243 e. The molecule has 1 aliphatic heterocycles. The molecule has 0 fully saturated rings. The number of carbonyl (C=O) groups excluding carboxylic acids is 2. The van der Waals surface area contributed by atoms with E-state index < -0.39 is 6.04 Å². The highest BCUT2D eigenvalue weighted by Crippen LogP contribution is 2.32. The summed E-state index contributed by atoms with van der Waals surface area (Å²) in [5, 5.41) is 2.97. The molecular weight excluding hydrogens is 300 g/mol. The molecule has 3 rings (SSSR count). The lowest BCUT2D eigenvalue weighted by molar-refractivity contribution is -0.126. The predicted molar refractivity (Wildman–Crippen MR) is 94.7 cm³/mol. The summed E-state index contributed by atoms with van der Waals surface area (Å²) in [5.74, 6) is -0.121. The Labute approximate surface area is 142 Å². The highest BCUT2D eigenvalue weighted by Gasteiger charge is 2.37. The number of fused-ring (bicyclic) bond motifs is 1. The topological polar surface area (TPSA) is 49.4 Å². The molecule has 0 unspecified atom stereocenters. The summed E-state index contributed by atoms with van der Waals surface area (Å²) in [5.41, 5.74) is 4.16. The smallest absolute Gasteiger partial charge is 0.243 e. The Kier molecular flexibility index (Phi) is 4.65. The van der Waals surface area contributed by atoms with Crippen molar-refractivity contribution in [3.05, 3.63) is 65.2 Å². The van der Waals surface area contributed by atoms with Crippen molar-refractivity contribution in [2.45, 2.75) is 39.3 Å². The molecule has 1 atom stereocenters. The van der Waals surface area contributed by atoms with Crippen LogP contribution in [0.3, 0.4) is 0 Å². The minimum atomic E-state index is -0.458. The fourth-order valence-corrected chi connectivity index (χ4v) is 3.09. The normalized spacial score (nSPS) is 15.9. The molecule has 4 heteroatoms. The standard InChI is InChI=1S/C20H22N2O2/c1-3-19(23)22-17-7-5-4-6-16(17)12-18(22)20(24)21-13-15-10-8-14(2)9-11-15/h4-11,18H,3,12-13H2,1-2H3,(H,21,24)/t18-/m0/s1. The van der Waals surface area contributed by atoms with E-state index in [4.69, 9.17) is 0 Å². The monoisotopic (exact) mass is 322 g/mol. The first-order valence-corrected chi connectivity index (χ1v) is 8.33. The lowest BCUT2D eigenvalue weighted by Crippen LogP contribution is -2.47. The summed E-state index contributed by atoms with van der Waals surface area (Å²) in [4.78, 5) is 26.7. The van der Waals surface area contributed by atoms with Gasteiger partial charge in [-0.1, -0.05) is 55.0 Å². The summed E-state index contributed by atoms with van der Waals surface area (Å²) in [6.07, 6.45) is 0.956. The molecule has 0 spiro atoms. The lowest BCUT2D eigenvalue weighted by atomic mass is 10.1. The van der Waals surface area contributed by atoms with Crippen LogP contribution in [0.15, 0.2) is 48.5 Å². The number of aryl methyl sites for hydroxylation is 1. The van der Waals surface area contributed by atoms with Gasteiger partial charge in [0.1, 0.15) is 6.04 Å². The van der Waals surface area contributed by atoms with Crippen molar-refractivity contribution in [3.8, 4) is 0 Å². The van der Waals surface area contributed by atoms with E-state index in [9.17, 15) is 9.59 Å². The molecule has 0 aromatic heterocycles. The maximum atomic E-state index is 12.7. The number of hydrogen-bond acceptors (Lipinski definition) is 2. The van der Waals surface area contributed by atoms with Crippen LogP contribution in [-0.4, -0.2) is 17.9 Å². The van der Waals surface area contributed by atoms with Gasteiger partial charge in [0.05, 0.1) is 0 Å². The van der Waals surface area contributed by atoms with Crippen LogP contribution in [0.5, 0.6) is 0 Å². The Morgan fingerprint density at radius 3 is 2.54 bits per heavy atom. The quantitative estimate of drug-likeness (QED) is 0.941. The van der Waals surface area contributed by atoms with Gasteiger partial charge < -0.3 is 5.32 Å². The molecule has 0 radical (unpaired) electrons. The Hall–Kier alpha value is -2.62. The van der Waals surface area contributed by atoms with Crippen LogP contribution >= 0.6 is 0 Å². The van der Waals surface area contributed by atoms with Crippen LogP contribution in [0.25, 0.3) is 0 Å². The van der Waals surface area contributed by atoms with E-state index >= 15 is 0 Å². The van der Waals surface area contributed by atoms with Gasteiger partial charge in [0.2, 0.25) is 11.8 Å². The van der Waals surface area contributed by atoms with Gasteiger partial charge in [-0.25, -0.2) is 0 Å². The molecule has 1 N–H and O–H groups in total. The number of benzene rings is 2. The van der Waals surface area contributed by atoms with Crippen LogP contribution in [0.2, 0.25) is 0 Å². The van der Waals surface area contributed by atoms with E-state index in [0.717, 1.165) is 16.8 Å². The van der Waals surface area contributed by atoms with Crippen molar-refractivity contribution in [2.75, 3.05) is 4.90 Å². The molecule has 4 nitrogen and oxygen atoms in total. The second kappa shape index (κ2) is 6.87. The number of para-hydroxylation sites is 1. The van der Waals surface area contributed by atoms with Gasteiger partial charge in [0.15, 0.2) is 0 Å². The van der Waals surface area contributed by atoms with Gasteiger partial charge in [-0.3, -0.25) is 14.5 Å². The molecule has 0 saturated carbocycles. The van der Waals surface area contributed by atoms with E-state index in [2.05, 4.69) is 5.32 Å². The van der Waals surface area contributed by atoms with Crippen molar-refractivity contribution in [1.82, 2.24) is 5.32 Å². The molecule has 1 aliphatic rings. The first kappa shape index (κ1) is 16.2. The molecular formula is C20H22N2O2. The zero-order chi connectivity index (χ0) is 17.1. The third-order valence-corrected chi connectivity index (χ3v) is 4.44. The predicted octanol–water partition coefficient (Wildman–Crippen LogP) is 2.98. The molecule has 24 heavy (non-hydrogen) atoms. The number of amides is 2. The van der Waals surface area contributed by atoms with Crippen LogP contribution in [0.4, 0.5) is 5.69 Å². The summed E-state index contributed by atoms with van der Waals surface area (Å²) in [6.45, 7) is 4.33. The average molecular weight is 322 g/mol. The van der Waals surface area contributed by atoms with E-state index in [0.29, 0.717) is 19.4 Å². The minimum absolute atomic E-state index is 0.0181. The Morgan fingerprint density at radius 2 is 1.83 bits per heavy atom. The second-order valence-electron chi connectivity index (χ2n) is 6.17. The van der Waals surface area contributed by atoms with Crippen molar-refractivity contribution < 1.29 is 9.59 Å². The van der Waals surface area contributed by atoms with Crippen LogP contribution < -0.4 is 10.2 Å². The SMILES string of the molecule is CCC(=O)N1c2ccccc2C[C@H]1C(=O)NCc1ccc(C)cc1. The second-order valence-corrected chi connectivity index (χ2v) is 6.17. The van der Waals surface area contributed by atoms with Gasteiger partial charge in [0.25, 0.3) is 0 Å². The minimum Gasteiger partial charge on any atom is -0.350 e. The molecule has 1 heterocycles. The number of nitrogens with one attached hydrogen (secondary N) is 1. The number of rotatable bonds is 4. The first-order valence-electron chi connectivity index (χ1n) is 8.33. The fourth-order valence-electron chi connectivity index (χ4n) is 3.09. The van der Waals surface area contributed by atoms with E-state index in [1.54, 1.807) is 4.90 Å². The third kappa shape index (κ3) is 3.18. The Bertz CT molecular complexity index is 752. The average Bonchev–Trinajstić information content (AvgIpc) is 3.00. The van der Waals surface area contributed by atoms with Crippen LogP contribution in [0.1, 0.15) is 30.0 Å². The summed E-state index contributed by atoms with van der Waals surface area (Å²) < 4.78 is 0. The molecule has 0 saturated heterocycles. The summed E-state index contributed by atoms with van der Waals surface area (Å²) in [7, 11) is 0. The van der Waals surface area contributed by atoms with Crippen molar-refractivity contribution in [1.29, 1.82) is 0 Å². The van der Waals surface area contributed by atoms with Crippen molar-refractivity contribution in [2.24, 2.45) is 0 Å². The van der Waals surface area contributed by atoms with Gasteiger partial charge in [0, 0.05) is 25.1 Å². The molecule has 0 bridgehead atoms. The molecule has 2 aromatic rings. The van der Waals surface area contributed by atoms with Gasteiger partial charge in [-0.2, -0.15) is 0 Å². The van der Waals surface area contributed by atoms with E-state index in [1.807, 2.05) is 62.4 Å². The lowest BCUT2D eigenvalue weighted by Gasteiger charge is -2.24. The van der Waals surface area contributed by atoms with E-state index in [1.165, 1.54) is 5.56 Å². The van der Waals surface area contributed by atoms with Gasteiger partial charge in [-0.15, -0.1) is 0 Å². The van der Waals surface area contributed by atoms with Gasteiger partial charge >= 0.3 is 0 Å². The Morgan fingerprint density at radius 1 is 1.12 bits per heavy atom.